The van der Waals surface area contributed by atoms with E-state index in [4.69, 9.17) is 0 Å². The third-order valence-electron chi connectivity index (χ3n) is 3.27. The second kappa shape index (κ2) is 6.84. The smallest absolute Gasteiger partial charge is 0.0778 e. The van der Waals surface area contributed by atoms with Gasteiger partial charge in [-0.05, 0) is 12.0 Å². The molecule has 0 bridgehead atoms. The number of hydrogen-bond acceptors (Lipinski definition) is 0. The number of allylic oxidation sites excluding steroid dienone is 2. The first kappa shape index (κ1) is 20.1. The predicted molar refractivity (Wildman–Crippen MR) is 121 cm³/mol. The summed E-state index contributed by atoms with van der Waals surface area (Å²) >= 11 is 30.3. The van der Waals surface area contributed by atoms with Gasteiger partial charge < -0.3 is 0 Å². The molecule has 21 heavy (non-hydrogen) atoms. The van der Waals surface area contributed by atoms with Gasteiger partial charge in [-0.1, -0.05) is 164 Å². The molecular weight excluding hydrogens is 795 g/mol. The fraction of sp³-hybridized carbons (Fsp3) is 0.385. The van der Waals surface area contributed by atoms with E-state index in [2.05, 4.69) is 146 Å². The highest BCUT2D eigenvalue weighted by Gasteiger charge is 2.68. The fourth-order valence-corrected chi connectivity index (χ4v) is 9.08. The number of benzene rings is 1. The van der Waals surface area contributed by atoms with E-state index in [9.17, 15) is 0 Å². The van der Waals surface area contributed by atoms with Crippen LogP contribution in [-0.4, -0.2) is 14.0 Å². The molecule has 116 valence electrons. The van der Waals surface area contributed by atoms with Gasteiger partial charge in [0.25, 0.3) is 0 Å². The minimum atomic E-state index is -0.564. The average Bonchev–Trinajstić information content (AvgIpc) is 2.37. The molecule has 0 saturated carbocycles. The zero-order valence-corrected chi connectivity index (χ0v) is 22.9. The predicted octanol–water partition coefficient (Wildman–Crippen LogP) is 8.11. The molecule has 0 nitrogen and oxygen atoms in total. The van der Waals surface area contributed by atoms with Gasteiger partial charge in [0.2, 0.25) is 0 Å². The summed E-state index contributed by atoms with van der Waals surface area (Å²) in [5.74, 6) is 0. The maximum atomic E-state index is 3.92. The van der Waals surface area contributed by atoms with Crippen LogP contribution in [0.4, 0.5) is 0 Å². The van der Waals surface area contributed by atoms with Crippen LogP contribution in [0.25, 0.3) is 0 Å². The summed E-state index contributed by atoms with van der Waals surface area (Å²) in [6, 6.07) is 10.4. The first-order valence-electron chi connectivity index (χ1n) is 5.71. The number of alkyl halides is 7. The van der Waals surface area contributed by atoms with Gasteiger partial charge in [-0.15, -0.1) is 0 Å². The van der Waals surface area contributed by atoms with Crippen LogP contribution >= 0.6 is 127 Å². The molecule has 1 aliphatic carbocycles. The Kier molecular flexibility index (Phi) is 6.55. The highest BCUT2D eigenvalue weighted by molar-refractivity contribution is 9.33. The molecule has 0 heterocycles. The molecule has 0 spiro atoms. The normalized spacial score (nSPS) is 29.8. The van der Waals surface area contributed by atoms with E-state index in [1.54, 1.807) is 0 Å². The molecule has 0 radical (unpaired) electrons. The SMILES string of the molecule is BrC1=CC(Br)(Cc2ccccc2)C(Br)(Br)C(Br)(Br)C1(Br)Br. The Bertz CT molecular complexity index is 563. The van der Waals surface area contributed by atoms with Gasteiger partial charge in [-0.3, -0.25) is 0 Å². The van der Waals surface area contributed by atoms with Crippen molar-refractivity contribution >= 4 is 127 Å². The van der Waals surface area contributed by atoms with E-state index in [1.165, 1.54) is 5.56 Å². The molecule has 0 amide bonds. The Balaban J connectivity index is 2.55. The third kappa shape index (κ3) is 3.41. The second-order valence-corrected chi connectivity index (χ2v) is 17.3. The lowest BCUT2D eigenvalue weighted by molar-refractivity contribution is 0.583. The minimum absolute atomic E-state index is 0.377. The quantitative estimate of drug-likeness (QED) is 0.266. The van der Waals surface area contributed by atoms with Gasteiger partial charge in [0.1, 0.15) is 9.70 Å². The van der Waals surface area contributed by atoms with Crippen LogP contribution in [0.3, 0.4) is 0 Å². The van der Waals surface area contributed by atoms with E-state index in [1.807, 2.05) is 18.2 Å². The van der Waals surface area contributed by atoms with Crippen LogP contribution in [-0.2, 0) is 6.42 Å². The Hall–Kier alpha value is 2.80. The van der Waals surface area contributed by atoms with Crippen LogP contribution in [0.2, 0.25) is 0 Å². The van der Waals surface area contributed by atoms with Crippen LogP contribution < -0.4 is 0 Å². The summed E-state index contributed by atoms with van der Waals surface area (Å²) in [4.78, 5) is 0. The van der Waals surface area contributed by atoms with Crippen molar-refractivity contribution in [3.8, 4) is 0 Å². The zero-order valence-electron chi connectivity index (χ0n) is 10.2. The van der Waals surface area contributed by atoms with E-state index < -0.39 is 9.70 Å². The molecular formula is C13H8Br8. The topological polar surface area (TPSA) is 0 Å². The van der Waals surface area contributed by atoms with Crippen LogP contribution in [0.15, 0.2) is 40.9 Å². The first-order valence-corrected chi connectivity index (χ1v) is 12.1. The molecule has 0 fully saturated rings. The van der Waals surface area contributed by atoms with Gasteiger partial charge in [-0.25, -0.2) is 0 Å². The summed E-state index contributed by atoms with van der Waals surface area (Å²) in [7, 11) is 0. The summed E-state index contributed by atoms with van der Waals surface area (Å²) in [6.45, 7) is 0. The second-order valence-electron chi connectivity index (χ2n) is 4.74. The number of hydrogen-bond donors (Lipinski definition) is 0. The van der Waals surface area contributed by atoms with E-state index in [0.717, 1.165) is 10.9 Å². The van der Waals surface area contributed by atoms with E-state index >= 15 is 0 Å². The van der Waals surface area contributed by atoms with E-state index in [0.29, 0.717) is 0 Å². The van der Waals surface area contributed by atoms with Crippen molar-refractivity contribution < 1.29 is 0 Å². The molecule has 0 aromatic heterocycles. The molecule has 0 aliphatic heterocycles. The molecule has 2 rings (SSSR count). The van der Waals surface area contributed by atoms with Gasteiger partial charge in [0, 0.05) is 4.48 Å². The number of rotatable bonds is 2. The van der Waals surface area contributed by atoms with Crippen LogP contribution in [0, 0.1) is 0 Å². The lowest BCUT2D eigenvalue weighted by Gasteiger charge is -2.54. The van der Waals surface area contributed by atoms with Crippen molar-refractivity contribution in [3.05, 3.63) is 46.5 Å². The van der Waals surface area contributed by atoms with Crippen molar-refractivity contribution in [2.45, 2.75) is 20.4 Å². The van der Waals surface area contributed by atoms with Gasteiger partial charge in [0.15, 0.2) is 0 Å². The maximum Gasteiger partial charge on any atom is 0.139 e. The lowest BCUT2D eigenvalue weighted by Crippen LogP contribution is -2.61. The zero-order chi connectivity index (χ0) is 16.1. The first-order chi connectivity index (χ1) is 9.46. The Labute approximate surface area is 191 Å². The summed E-state index contributed by atoms with van der Waals surface area (Å²) in [6.07, 6.45) is 2.95. The van der Waals surface area contributed by atoms with Crippen LogP contribution in [0.1, 0.15) is 5.56 Å². The molecule has 0 saturated heterocycles. The largest absolute Gasteiger partial charge is 0.139 e. The standard InChI is InChI=1S/C13H8Br8/c14-9-7-10(15,6-8-4-2-1-3-5-8)12(18,19)13(20,21)11(9,16)17/h1-5,7H,6H2. The molecule has 0 N–H and O–H groups in total. The molecule has 1 aliphatic rings. The van der Waals surface area contributed by atoms with Gasteiger partial charge in [0.05, 0.1) is 4.32 Å². The Morgan fingerprint density at radius 3 is 1.81 bits per heavy atom. The highest BCUT2D eigenvalue weighted by Crippen LogP contribution is 2.71. The summed E-state index contributed by atoms with van der Waals surface area (Å²) in [5.41, 5.74) is 1.24. The van der Waals surface area contributed by atoms with Crippen LogP contribution in [0.5, 0.6) is 0 Å². The van der Waals surface area contributed by atoms with E-state index in [-0.39, 0.29) is 4.32 Å². The lowest BCUT2D eigenvalue weighted by atomic mass is 9.89. The third-order valence-corrected chi connectivity index (χ3v) is 18.6. The van der Waals surface area contributed by atoms with Crippen molar-refractivity contribution in [2.24, 2.45) is 0 Å². The Morgan fingerprint density at radius 1 is 0.762 bits per heavy atom. The monoisotopic (exact) mass is 795 g/mol. The highest BCUT2D eigenvalue weighted by atomic mass is 79.9. The van der Waals surface area contributed by atoms with Crippen molar-refractivity contribution in [1.82, 2.24) is 0 Å². The molecule has 1 aromatic carbocycles. The Morgan fingerprint density at radius 2 is 1.29 bits per heavy atom. The van der Waals surface area contributed by atoms with Crippen molar-refractivity contribution in [2.75, 3.05) is 0 Å². The van der Waals surface area contributed by atoms with Gasteiger partial charge in [-0.2, -0.15) is 0 Å². The summed E-state index contributed by atoms with van der Waals surface area (Å²) < 4.78 is -1.01. The molecule has 1 unspecified atom stereocenters. The molecule has 1 aromatic rings. The van der Waals surface area contributed by atoms with Gasteiger partial charge >= 0.3 is 0 Å². The summed E-state index contributed by atoms with van der Waals surface area (Å²) in [5, 5.41) is 0. The average molecular weight is 803 g/mol. The van der Waals surface area contributed by atoms with Crippen molar-refractivity contribution in [1.29, 1.82) is 0 Å². The molecule has 1 atom stereocenters. The van der Waals surface area contributed by atoms with Crippen molar-refractivity contribution in [3.63, 3.8) is 0 Å². The molecule has 8 heteroatoms. The minimum Gasteiger partial charge on any atom is -0.0778 e. The maximum absolute atomic E-state index is 3.92. The number of halogens is 8. The fourth-order valence-electron chi connectivity index (χ4n) is 2.05.